The number of halogens is 1. The van der Waals surface area contributed by atoms with Crippen molar-refractivity contribution in [2.24, 2.45) is 0 Å². The second-order valence-corrected chi connectivity index (χ2v) is 9.22. The van der Waals surface area contributed by atoms with Gasteiger partial charge in [-0.1, -0.05) is 43.0 Å². The molecule has 1 aromatic carbocycles. The molecule has 1 saturated heterocycles. The van der Waals surface area contributed by atoms with Crippen LogP contribution in [0.4, 0.5) is 5.13 Å². The maximum atomic E-state index is 6.14. The van der Waals surface area contributed by atoms with Crippen LogP contribution in [0.3, 0.4) is 0 Å². The Morgan fingerprint density at radius 2 is 1.86 bits per heavy atom. The lowest BCUT2D eigenvalue weighted by atomic mass is 9.67. The Balaban J connectivity index is 1.39. The minimum atomic E-state index is 0.0487. The predicted molar refractivity (Wildman–Crippen MR) is 118 cm³/mol. The number of rotatable bonds is 7. The molecule has 0 amide bonds. The lowest BCUT2D eigenvalue weighted by Crippen LogP contribution is -2.37. The van der Waals surface area contributed by atoms with Gasteiger partial charge in [-0.3, -0.25) is 4.90 Å². The van der Waals surface area contributed by atoms with Crippen LogP contribution in [0.2, 0.25) is 5.02 Å². The molecule has 4 nitrogen and oxygen atoms in total. The molecule has 0 bridgehead atoms. The third-order valence-electron chi connectivity index (χ3n) is 6.13. The number of thiazole rings is 1. The molecule has 0 atom stereocenters. The van der Waals surface area contributed by atoms with E-state index in [2.05, 4.69) is 27.7 Å². The van der Waals surface area contributed by atoms with Gasteiger partial charge >= 0.3 is 0 Å². The largest absolute Gasteiger partial charge is 0.379 e. The van der Waals surface area contributed by atoms with Crippen molar-refractivity contribution < 1.29 is 4.74 Å². The lowest BCUT2D eigenvalue weighted by Gasteiger charge is -2.36. The van der Waals surface area contributed by atoms with E-state index in [0.717, 1.165) is 56.0 Å². The van der Waals surface area contributed by atoms with Gasteiger partial charge in [0.25, 0.3) is 0 Å². The van der Waals surface area contributed by atoms with Crippen LogP contribution in [0.1, 0.15) is 49.8 Å². The quantitative estimate of drug-likeness (QED) is 0.627. The first-order valence-corrected chi connectivity index (χ1v) is 11.8. The van der Waals surface area contributed by atoms with Crippen molar-refractivity contribution in [2.45, 2.75) is 43.9 Å². The molecule has 0 spiro atoms. The number of hydrogen-bond donors (Lipinski definition) is 1. The predicted octanol–water partition coefficient (Wildman–Crippen LogP) is 5.18. The van der Waals surface area contributed by atoms with Crippen LogP contribution in [-0.4, -0.2) is 49.3 Å². The zero-order valence-corrected chi connectivity index (χ0v) is 18.0. The summed E-state index contributed by atoms with van der Waals surface area (Å²) in [7, 11) is 0. The van der Waals surface area contributed by atoms with Gasteiger partial charge in [-0.05, 0) is 43.5 Å². The summed E-state index contributed by atoms with van der Waals surface area (Å²) in [4.78, 5) is 7.51. The molecule has 1 saturated carbocycles. The molecule has 4 rings (SSSR count). The average Bonchev–Trinajstić information content (AvgIpc) is 3.23. The standard InChI is InChI=1S/C22H30ClN3OS/c23-19-7-5-18(6-8-19)22(9-2-1-3-10-22)20-17-28-21(25-20)24-11-4-12-26-13-15-27-16-14-26/h5-8,17H,1-4,9-16H2,(H,24,25). The van der Waals surface area contributed by atoms with Crippen LogP contribution >= 0.6 is 22.9 Å². The second-order valence-electron chi connectivity index (χ2n) is 7.92. The van der Waals surface area contributed by atoms with Crippen LogP contribution in [0.15, 0.2) is 29.6 Å². The highest BCUT2D eigenvalue weighted by atomic mass is 35.5. The van der Waals surface area contributed by atoms with E-state index < -0.39 is 0 Å². The SMILES string of the molecule is Clc1ccc(C2(c3csc(NCCCN4CCOCC4)n3)CCCCC2)cc1. The monoisotopic (exact) mass is 419 g/mol. The van der Waals surface area contributed by atoms with Crippen molar-refractivity contribution in [1.82, 2.24) is 9.88 Å². The molecule has 0 radical (unpaired) electrons. The summed E-state index contributed by atoms with van der Waals surface area (Å²) in [5.74, 6) is 0. The molecule has 1 N–H and O–H groups in total. The van der Waals surface area contributed by atoms with E-state index in [-0.39, 0.29) is 5.41 Å². The fourth-order valence-electron chi connectivity index (χ4n) is 4.51. The fraction of sp³-hybridized carbons (Fsp3) is 0.591. The highest BCUT2D eigenvalue weighted by Crippen LogP contribution is 2.45. The molecule has 0 unspecified atom stereocenters. The summed E-state index contributed by atoms with van der Waals surface area (Å²) in [5, 5.41) is 7.67. The van der Waals surface area contributed by atoms with Gasteiger partial charge in [0.1, 0.15) is 0 Å². The summed E-state index contributed by atoms with van der Waals surface area (Å²) in [6.07, 6.45) is 7.35. The topological polar surface area (TPSA) is 37.4 Å². The maximum Gasteiger partial charge on any atom is 0.182 e. The van der Waals surface area contributed by atoms with E-state index in [1.54, 1.807) is 11.3 Å². The number of morpholine rings is 1. The number of anilines is 1. The van der Waals surface area contributed by atoms with E-state index in [1.807, 2.05) is 12.1 Å². The maximum absolute atomic E-state index is 6.14. The van der Waals surface area contributed by atoms with Crippen LogP contribution in [0.25, 0.3) is 0 Å². The molecular formula is C22H30ClN3OS. The van der Waals surface area contributed by atoms with Gasteiger partial charge in [0.15, 0.2) is 5.13 Å². The van der Waals surface area contributed by atoms with E-state index in [4.69, 9.17) is 21.3 Å². The van der Waals surface area contributed by atoms with Crippen molar-refractivity contribution in [3.8, 4) is 0 Å². The molecule has 2 fully saturated rings. The molecule has 6 heteroatoms. The van der Waals surface area contributed by atoms with Gasteiger partial charge in [0, 0.05) is 35.5 Å². The van der Waals surface area contributed by atoms with Gasteiger partial charge in [-0.2, -0.15) is 0 Å². The Morgan fingerprint density at radius 1 is 1.11 bits per heavy atom. The Morgan fingerprint density at radius 3 is 2.61 bits per heavy atom. The summed E-state index contributed by atoms with van der Waals surface area (Å²) >= 11 is 7.88. The number of aromatic nitrogens is 1. The molecule has 2 aliphatic rings. The first-order chi connectivity index (χ1) is 13.8. The summed E-state index contributed by atoms with van der Waals surface area (Å²) in [6.45, 7) is 5.96. The molecule has 28 heavy (non-hydrogen) atoms. The molecule has 1 aliphatic heterocycles. The van der Waals surface area contributed by atoms with E-state index in [9.17, 15) is 0 Å². The Labute approximate surface area is 177 Å². The summed E-state index contributed by atoms with van der Waals surface area (Å²) in [6, 6.07) is 8.43. The van der Waals surface area contributed by atoms with Gasteiger partial charge < -0.3 is 10.1 Å². The molecule has 1 aliphatic carbocycles. The normalized spacial score (nSPS) is 20.2. The van der Waals surface area contributed by atoms with Gasteiger partial charge in [0.05, 0.1) is 18.9 Å². The number of nitrogens with zero attached hydrogens (tertiary/aromatic N) is 2. The van der Waals surface area contributed by atoms with E-state index in [1.165, 1.54) is 43.4 Å². The Hall–Kier alpha value is -1.14. The van der Waals surface area contributed by atoms with Crippen LogP contribution < -0.4 is 5.32 Å². The Kier molecular flexibility index (Phi) is 6.89. The average molecular weight is 420 g/mol. The number of benzene rings is 1. The van der Waals surface area contributed by atoms with Gasteiger partial charge in [0.2, 0.25) is 0 Å². The third-order valence-corrected chi connectivity index (χ3v) is 7.18. The van der Waals surface area contributed by atoms with E-state index >= 15 is 0 Å². The van der Waals surface area contributed by atoms with Crippen molar-refractivity contribution in [2.75, 3.05) is 44.7 Å². The second kappa shape index (κ2) is 9.57. The third kappa shape index (κ3) is 4.70. The van der Waals surface area contributed by atoms with Crippen molar-refractivity contribution in [3.05, 3.63) is 45.9 Å². The first-order valence-electron chi connectivity index (χ1n) is 10.5. The molecule has 152 valence electrons. The molecule has 2 aromatic rings. The molecule has 2 heterocycles. The molecular weight excluding hydrogens is 390 g/mol. The number of hydrogen-bond acceptors (Lipinski definition) is 5. The zero-order valence-electron chi connectivity index (χ0n) is 16.5. The van der Waals surface area contributed by atoms with Gasteiger partial charge in [-0.25, -0.2) is 4.98 Å². The Bertz CT molecular complexity index is 736. The van der Waals surface area contributed by atoms with Crippen LogP contribution in [0, 0.1) is 0 Å². The lowest BCUT2D eigenvalue weighted by molar-refractivity contribution is 0.0378. The summed E-state index contributed by atoms with van der Waals surface area (Å²) in [5.41, 5.74) is 2.64. The fourth-order valence-corrected chi connectivity index (χ4v) is 5.48. The minimum Gasteiger partial charge on any atom is -0.379 e. The van der Waals surface area contributed by atoms with Crippen LogP contribution in [-0.2, 0) is 10.2 Å². The highest BCUT2D eigenvalue weighted by Gasteiger charge is 2.37. The highest BCUT2D eigenvalue weighted by molar-refractivity contribution is 7.13. The van der Waals surface area contributed by atoms with Crippen LogP contribution in [0.5, 0.6) is 0 Å². The zero-order chi connectivity index (χ0) is 19.2. The number of nitrogens with one attached hydrogen (secondary N) is 1. The van der Waals surface area contributed by atoms with E-state index in [0.29, 0.717) is 0 Å². The van der Waals surface area contributed by atoms with Crippen molar-refractivity contribution >= 4 is 28.1 Å². The summed E-state index contributed by atoms with van der Waals surface area (Å²) < 4.78 is 5.42. The van der Waals surface area contributed by atoms with Crippen molar-refractivity contribution in [1.29, 1.82) is 0 Å². The molecule has 1 aromatic heterocycles. The van der Waals surface area contributed by atoms with Crippen molar-refractivity contribution in [3.63, 3.8) is 0 Å². The number of ether oxygens (including phenoxy) is 1. The van der Waals surface area contributed by atoms with Gasteiger partial charge in [-0.15, -0.1) is 11.3 Å². The minimum absolute atomic E-state index is 0.0487. The first kappa shape index (κ1) is 20.1. The smallest absolute Gasteiger partial charge is 0.182 e.